The molecule has 3 heterocycles. The number of primary amides is 1. The number of thiophene rings is 1. The highest BCUT2D eigenvalue weighted by atomic mass is 32.1. The summed E-state index contributed by atoms with van der Waals surface area (Å²) < 4.78 is 0. The first-order valence-electron chi connectivity index (χ1n) is 8.31. The lowest BCUT2D eigenvalue weighted by atomic mass is 9.98. The van der Waals surface area contributed by atoms with E-state index in [1.807, 2.05) is 18.2 Å². The summed E-state index contributed by atoms with van der Waals surface area (Å²) in [6, 6.07) is 15.2. The first-order valence-corrected chi connectivity index (χ1v) is 9.12. The maximum absolute atomic E-state index is 11.9. The van der Waals surface area contributed by atoms with Crippen LogP contribution in [0.2, 0.25) is 0 Å². The van der Waals surface area contributed by atoms with E-state index in [4.69, 9.17) is 11.5 Å². The lowest BCUT2D eigenvalue weighted by molar-refractivity contribution is 0.100. The third-order valence-electron chi connectivity index (χ3n) is 4.24. The monoisotopic (exact) mass is 375 g/mol. The molecule has 3 aromatic heterocycles. The van der Waals surface area contributed by atoms with Gasteiger partial charge >= 0.3 is 0 Å². The molecular formula is C20H17N5OS. The number of hydrogen-bond donors (Lipinski definition) is 3. The van der Waals surface area contributed by atoms with Crippen molar-refractivity contribution < 1.29 is 4.79 Å². The molecule has 4 rings (SSSR count). The van der Waals surface area contributed by atoms with Crippen molar-refractivity contribution >= 4 is 23.2 Å². The molecule has 0 fully saturated rings. The van der Waals surface area contributed by atoms with Crippen molar-refractivity contribution in [2.45, 2.75) is 6.92 Å². The Balaban J connectivity index is 1.96. The molecule has 1 aromatic carbocycles. The van der Waals surface area contributed by atoms with Crippen molar-refractivity contribution in [3.8, 4) is 33.1 Å². The van der Waals surface area contributed by atoms with Crippen molar-refractivity contribution in [1.29, 1.82) is 0 Å². The number of H-pyrrole nitrogens is 1. The Morgan fingerprint density at radius 2 is 1.93 bits per heavy atom. The Bertz CT molecular complexity index is 1140. The third-order valence-corrected chi connectivity index (χ3v) is 5.26. The summed E-state index contributed by atoms with van der Waals surface area (Å²) in [6.45, 7) is 2.06. The summed E-state index contributed by atoms with van der Waals surface area (Å²) >= 11 is 1.67. The van der Waals surface area contributed by atoms with E-state index >= 15 is 0 Å². The van der Waals surface area contributed by atoms with Crippen LogP contribution in [-0.4, -0.2) is 20.9 Å². The van der Waals surface area contributed by atoms with E-state index < -0.39 is 5.91 Å². The molecule has 0 saturated heterocycles. The molecule has 0 unspecified atom stereocenters. The molecule has 6 nitrogen and oxygen atoms in total. The molecule has 0 aliphatic rings. The van der Waals surface area contributed by atoms with E-state index in [0.717, 1.165) is 27.4 Å². The Morgan fingerprint density at radius 1 is 1.11 bits per heavy atom. The Hall–Kier alpha value is -3.45. The van der Waals surface area contributed by atoms with Gasteiger partial charge in [0.05, 0.1) is 22.0 Å². The minimum Gasteiger partial charge on any atom is -0.368 e. The summed E-state index contributed by atoms with van der Waals surface area (Å²) in [5, 5.41) is 0. The van der Waals surface area contributed by atoms with Gasteiger partial charge < -0.3 is 16.5 Å². The van der Waals surface area contributed by atoms with Gasteiger partial charge in [0, 0.05) is 22.2 Å². The average Bonchev–Trinajstić information content (AvgIpc) is 3.28. The molecule has 1 amide bonds. The van der Waals surface area contributed by atoms with Crippen LogP contribution in [0.4, 0.5) is 5.95 Å². The van der Waals surface area contributed by atoms with Crippen LogP contribution in [0.25, 0.3) is 33.1 Å². The number of benzene rings is 1. The molecule has 0 spiro atoms. The van der Waals surface area contributed by atoms with Crippen molar-refractivity contribution in [2.75, 3.05) is 5.73 Å². The van der Waals surface area contributed by atoms with E-state index in [2.05, 4.69) is 34.0 Å². The lowest BCUT2D eigenvalue weighted by Gasteiger charge is -2.07. The van der Waals surface area contributed by atoms with Gasteiger partial charge in [0.2, 0.25) is 11.9 Å². The van der Waals surface area contributed by atoms with Gasteiger partial charge in [-0.2, -0.15) is 0 Å². The molecule has 27 heavy (non-hydrogen) atoms. The second kappa shape index (κ2) is 6.69. The fraction of sp³-hybridized carbons (Fsp3) is 0.0500. The third kappa shape index (κ3) is 3.20. The minimum atomic E-state index is -0.465. The number of nitrogens with one attached hydrogen (secondary N) is 1. The summed E-state index contributed by atoms with van der Waals surface area (Å²) in [7, 11) is 0. The van der Waals surface area contributed by atoms with Gasteiger partial charge in [-0.25, -0.2) is 9.97 Å². The molecule has 134 valence electrons. The summed E-state index contributed by atoms with van der Waals surface area (Å²) in [5.41, 5.74) is 15.8. The van der Waals surface area contributed by atoms with Crippen LogP contribution in [0.3, 0.4) is 0 Å². The van der Waals surface area contributed by atoms with E-state index in [1.54, 1.807) is 35.7 Å². The van der Waals surface area contributed by atoms with Crippen LogP contribution >= 0.6 is 11.3 Å². The maximum atomic E-state index is 11.9. The van der Waals surface area contributed by atoms with Gasteiger partial charge in [0.15, 0.2) is 0 Å². The SMILES string of the molecule is Cc1ccc(-c2[nH]c(-c3ccnc(N)n3)cc2-c2ccccc2C(N)=O)s1. The van der Waals surface area contributed by atoms with Crippen molar-refractivity contribution in [3.63, 3.8) is 0 Å². The Labute approximate surface area is 159 Å². The van der Waals surface area contributed by atoms with Gasteiger partial charge in [-0.1, -0.05) is 18.2 Å². The highest BCUT2D eigenvalue weighted by molar-refractivity contribution is 7.15. The number of amides is 1. The molecular weight excluding hydrogens is 358 g/mol. The number of aryl methyl sites for hydroxylation is 1. The number of nitrogen functional groups attached to an aromatic ring is 1. The van der Waals surface area contributed by atoms with Gasteiger partial charge in [-0.15, -0.1) is 11.3 Å². The van der Waals surface area contributed by atoms with E-state index in [0.29, 0.717) is 11.3 Å². The van der Waals surface area contributed by atoms with E-state index in [-0.39, 0.29) is 5.95 Å². The molecule has 0 atom stereocenters. The Kier molecular flexibility index (Phi) is 4.21. The molecule has 0 radical (unpaired) electrons. The Morgan fingerprint density at radius 3 is 2.63 bits per heavy atom. The summed E-state index contributed by atoms with van der Waals surface area (Å²) in [5.74, 6) is -0.261. The van der Waals surface area contributed by atoms with Gasteiger partial charge in [0.1, 0.15) is 0 Å². The van der Waals surface area contributed by atoms with E-state index in [9.17, 15) is 4.79 Å². The number of anilines is 1. The van der Waals surface area contributed by atoms with Gasteiger partial charge in [-0.05, 0) is 42.8 Å². The predicted molar refractivity (Wildman–Crippen MR) is 108 cm³/mol. The first kappa shape index (κ1) is 17.0. The van der Waals surface area contributed by atoms with Crippen molar-refractivity contribution in [3.05, 3.63) is 65.2 Å². The zero-order valence-electron chi connectivity index (χ0n) is 14.6. The lowest BCUT2D eigenvalue weighted by Crippen LogP contribution is -2.12. The highest BCUT2D eigenvalue weighted by Gasteiger charge is 2.19. The normalized spacial score (nSPS) is 10.9. The topological polar surface area (TPSA) is 111 Å². The molecule has 4 aromatic rings. The fourth-order valence-corrected chi connectivity index (χ4v) is 3.91. The number of hydrogen-bond acceptors (Lipinski definition) is 5. The highest BCUT2D eigenvalue weighted by Crippen LogP contribution is 2.39. The van der Waals surface area contributed by atoms with Crippen LogP contribution in [0.1, 0.15) is 15.2 Å². The standard InChI is InChI=1S/C20H17N5OS/c1-11-6-7-17(27-11)18-14(12-4-2-3-5-13(12)19(21)26)10-16(24-18)15-8-9-23-20(22)25-15/h2-10,24H,1H3,(H2,21,26)(H2,22,23,25). The molecule has 7 heteroatoms. The zero-order valence-corrected chi connectivity index (χ0v) is 15.4. The van der Waals surface area contributed by atoms with Gasteiger partial charge in [-0.3, -0.25) is 4.79 Å². The maximum Gasteiger partial charge on any atom is 0.249 e. The zero-order chi connectivity index (χ0) is 19.0. The number of nitrogens with two attached hydrogens (primary N) is 2. The van der Waals surface area contributed by atoms with Crippen LogP contribution < -0.4 is 11.5 Å². The smallest absolute Gasteiger partial charge is 0.249 e. The molecule has 0 bridgehead atoms. The number of aromatic amines is 1. The molecule has 0 saturated carbocycles. The minimum absolute atomic E-state index is 0.203. The van der Waals surface area contributed by atoms with Crippen LogP contribution in [-0.2, 0) is 0 Å². The second-order valence-corrected chi connectivity index (χ2v) is 7.38. The second-order valence-electron chi connectivity index (χ2n) is 6.09. The molecule has 0 aliphatic carbocycles. The van der Waals surface area contributed by atoms with Crippen LogP contribution in [0.5, 0.6) is 0 Å². The number of rotatable bonds is 4. The first-order chi connectivity index (χ1) is 13.0. The number of carbonyl (C=O) groups is 1. The largest absolute Gasteiger partial charge is 0.368 e. The number of nitrogens with zero attached hydrogens (tertiary/aromatic N) is 2. The molecule has 0 aliphatic heterocycles. The quantitative estimate of drug-likeness (QED) is 0.503. The predicted octanol–water partition coefficient (Wildman–Crippen LogP) is 3.86. The van der Waals surface area contributed by atoms with Crippen molar-refractivity contribution in [1.82, 2.24) is 15.0 Å². The van der Waals surface area contributed by atoms with E-state index in [1.165, 1.54) is 4.88 Å². The summed E-state index contributed by atoms with van der Waals surface area (Å²) in [6.07, 6.45) is 1.62. The van der Waals surface area contributed by atoms with Gasteiger partial charge in [0.25, 0.3) is 0 Å². The van der Waals surface area contributed by atoms with Crippen molar-refractivity contribution in [2.24, 2.45) is 5.73 Å². The fourth-order valence-electron chi connectivity index (χ4n) is 3.02. The van der Waals surface area contributed by atoms with Crippen LogP contribution in [0.15, 0.2) is 54.7 Å². The van der Waals surface area contributed by atoms with Crippen LogP contribution in [0, 0.1) is 6.92 Å². The summed E-state index contributed by atoms with van der Waals surface area (Å²) in [4.78, 5) is 25.9. The average molecular weight is 375 g/mol. The molecule has 5 N–H and O–H groups in total. The number of aromatic nitrogens is 3. The number of carbonyl (C=O) groups excluding carboxylic acids is 1.